The Morgan fingerprint density at radius 1 is 0.895 bits per heavy atom. The van der Waals surface area contributed by atoms with E-state index in [1.165, 1.54) is 71.4 Å². The van der Waals surface area contributed by atoms with Gasteiger partial charge in [-0.05, 0) is 58.8 Å². The monoisotopic (exact) mass is 271 g/mol. The van der Waals surface area contributed by atoms with Crippen molar-refractivity contribution >= 4 is 0 Å². The molecule has 1 aliphatic rings. The van der Waals surface area contributed by atoms with E-state index in [0.29, 0.717) is 0 Å². The lowest BCUT2D eigenvalue weighted by molar-refractivity contribution is 0.132. The average molecular weight is 271 g/mol. The lowest BCUT2D eigenvalue weighted by Crippen LogP contribution is -2.32. The van der Waals surface area contributed by atoms with Crippen molar-refractivity contribution in [3.05, 3.63) is 0 Å². The van der Waals surface area contributed by atoms with Crippen LogP contribution in [0.25, 0.3) is 0 Å². The third-order valence-corrected chi connectivity index (χ3v) is 3.83. The van der Waals surface area contributed by atoms with Crippen molar-refractivity contribution in [2.45, 2.75) is 39.0 Å². The lowest BCUT2D eigenvalue weighted by Gasteiger charge is -2.21. The fourth-order valence-electron chi connectivity index (χ4n) is 2.66. The van der Waals surface area contributed by atoms with Gasteiger partial charge in [-0.2, -0.15) is 0 Å². The standard InChI is InChI=1S/C15H33N3O/c1-2-19-15-7-12-18-11-6-10-17(13-14-18)9-5-3-4-8-16/h2-16H2,1H3. The van der Waals surface area contributed by atoms with E-state index in [9.17, 15) is 0 Å². The summed E-state index contributed by atoms with van der Waals surface area (Å²) in [5, 5.41) is 0. The molecule has 114 valence electrons. The molecule has 0 amide bonds. The molecule has 0 atom stereocenters. The van der Waals surface area contributed by atoms with Crippen LogP contribution >= 0.6 is 0 Å². The summed E-state index contributed by atoms with van der Waals surface area (Å²) in [7, 11) is 0. The average Bonchev–Trinajstić information content (AvgIpc) is 2.65. The number of nitrogens with two attached hydrogens (primary N) is 1. The molecule has 0 aromatic heterocycles. The summed E-state index contributed by atoms with van der Waals surface area (Å²) in [6, 6.07) is 0. The van der Waals surface area contributed by atoms with E-state index in [4.69, 9.17) is 10.5 Å². The molecule has 4 heteroatoms. The zero-order valence-corrected chi connectivity index (χ0v) is 12.8. The second kappa shape index (κ2) is 11.6. The van der Waals surface area contributed by atoms with Gasteiger partial charge in [-0.1, -0.05) is 6.42 Å². The Morgan fingerprint density at radius 2 is 1.58 bits per heavy atom. The van der Waals surface area contributed by atoms with Gasteiger partial charge < -0.3 is 20.3 Å². The van der Waals surface area contributed by atoms with Gasteiger partial charge in [0.1, 0.15) is 0 Å². The first-order valence-electron chi connectivity index (χ1n) is 8.09. The molecular formula is C15H33N3O. The number of hydrogen-bond acceptors (Lipinski definition) is 4. The molecule has 19 heavy (non-hydrogen) atoms. The van der Waals surface area contributed by atoms with Crippen LogP contribution in [0, 0.1) is 0 Å². The molecule has 0 spiro atoms. The minimum atomic E-state index is 0.841. The molecule has 0 unspecified atom stereocenters. The molecule has 1 fully saturated rings. The van der Waals surface area contributed by atoms with Crippen LogP contribution in [-0.4, -0.2) is 68.8 Å². The van der Waals surface area contributed by atoms with E-state index in [2.05, 4.69) is 16.7 Å². The summed E-state index contributed by atoms with van der Waals surface area (Å²) in [6.45, 7) is 12.1. The first-order valence-corrected chi connectivity index (χ1v) is 8.09. The van der Waals surface area contributed by atoms with E-state index in [-0.39, 0.29) is 0 Å². The molecule has 4 nitrogen and oxygen atoms in total. The maximum atomic E-state index is 5.53. The molecule has 1 heterocycles. The van der Waals surface area contributed by atoms with Crippen molar-refractivity contribution in [3.63, 3.8) is 0 Å². The topological polar surface area (TPSA) is 41.7 Å². The van der Waals surface area contributed by atoms with Crippen molar-refractivity contribution < 1.29 is 4.74 Å². The van der Waals surface area contributed by atoms with Crippen LogP contribution in [0.15, 0.2) is 0 Å². The summed E-state index contributed by atoms with van der Waals surface area (Å²) in [5.74, 6) is 0. The smallest absolute Gasteiger partial charge is 0.0478 e. The highest BCUT2D eigenvalue weighted by atomic mass is 16.5. The van der Waals surface area contributed by atoms with Crippen molar-refractivity contribution in [3.8, 4) is 0 Å². The van der Waals surface area contributed by atoms with E-state index < -0.39 is 0 Å². The largest absolute Gasteiger partial charge is 0.382 e. The van der Waals surface area contributed by atoms with Gasteiger partial charge in [0.05, 0.1) is 0 Å². The van der Waals surface area contributed by atoms with Gasteiger partial charge in [-0.25, -0.2) is 0 Å². The molecular weight excluding hydrogens is 238 g/mol. The van der Waals surface area contributed by atoms with Crippen LogP contribution in [0.2, 0.25) is 0 Å². The summed E-state index contributed by atoms with van der Waals surface area (Å²) in [4.78, 5) is 5.22. The van der Waals surface area contributed by atoms with Crippen molar-refractivity contribution in [1.82, 2.24) is 9.80 Å². The molecule has 2 N–H and O–H groups in total. The highest BCUT2D eigenvalue weighted by molar-refractivity contribution is 4.69. The zero-order valence-electron chi connectivity index (χ0n) is 12.8. The third-order valence-electron chi connectivity index (χ3n) is 3.83. The second-order valence-electron chi connectivity index (χ2n) is 5.44. The molecule has 1 aliphatic heterocycles. The van der Waals surface area contributed by atoms with E-state index >= 15 is 0 Å². The number of hydrogen-bond donors (Lipinski definition) is 1. The van der Waals surface area contributed by atoms with Crippen LogP contribution in [0.1, 0.15) is 39.0 Å². The number of nitrogens with zero attached hydrogens (tertiary/aromatic N) is 2. The molecule has 0 bridgehead atoms. The summed E-state index contributed by atoms with van der Waals surface area (Å²) in [5.41, 5.74) is 5.53. The first kappa shape index (κ1) is 16.9. The maximum Gasteiger partial charge on any atom is 0.0478 e. The summed E-state index contributed by atoms with van der Waals surface area (Å²) < 4.78 is 5.41. The normalized spacial score (nSPS) is 18.6. The van der Waals surface area contributed by atoms with Crippen molar-refractivity contribution in [2.24, 2.45) is 5.73 Å². The zero-order chi connectivity index (χ0) is 13.8. The molecule has 0 radical (unpaired) electrons. The Kier molecular flexibility index (Phi) is 10.4. The second-order valence-corrected chi connectivity index (χ2v) is 5.44. The predicted molar refractivity (Wildman–Crippen MR) is 81.5 cm³/mol. The number of ether oxygens (including phenoxy) is 1. The number of unbranched alkanes of at least 4 members (excludes halogenated alkanes) is 2. The highest BCUT2D eigenvalue weighted by Crippen LogP contribution is 2.06. The fourth-order valence-corrected chi connectivity index (χ4v) is 2.66. The Morgan fingerprint density at radius 3 is 2.21 bits per heavy atom. The van der Waals surface area contributed by atoms with Gasteiger partial charge in [-0.15, -0.1) is 0 Å². The molecule has 0 aromatic rings. The third kappa shape index (κ3) is 8.58. The van der Waals surface area contributed by atoms with Crippen molar-refractivity contribution in [1.29, 1.82) is 0 Å². The van der Waals surface area contributed by atoms with Gasteiger partial charge in [0.2, 0.25) is 0 Å². The first-order chi connectivity index (χ1) is 9.36. The quantitative estimate of drug-likeness (QED) is 0.612. The van der Waals surface area contributed by atoms with Gasteiger partial charge in [0, 0.05) is 32.8 Å². The van der Waals surface area contributed by atoms with Crippen LogP contribution in [0.5, 0.6) is 0 Å². The van der Waals surface area contributed by atoms with Crippen LogP contribution in [0.4, 0.5) is 0 Å². The fraction of sp³-hybridized carbons (Fsp3) is 1.00. The Labute approximate surface area is 119 Å². The SMILES string of the molecule is CCOCCCN1CCCN(CCCCCN)CC1. The van der Waals surface area contributed by atoms with Gasteiger partial charge in [0.25, 0.3) is 0 Å². The highest BCUT2D eigenvalue weighted by Gasteiger charge is 2.13. The van der Waals surface area contributed by atoms with Gasteiger partial charge in [0.15, 0.2) is 0 Å². The Balaban J connectivity index is 2.06. The molecule has 0 aromatic carbocycles. The minimum Gasteiger partial charge on any atom is -0.382 e. The van der Waals surface area contributed by atoms with Gasteiger partial charge >= 0.3 is 0 Å². The Bertz CT molecular complexity index is 182. The van der Waals surface area contributed by atoms with Crippen LogP contribution in [0.3, 0.4) is 0 Å². The number of rotatable bonds is 10. The maximum absolute atomic E-state index is 5.53. The van der Waals surface area contributed by atoms with E-state index in [1.807, 2.05) is 0 Å². The molecule has 1 rings (SSSR count). The predicted octanol–water partition coefficient (Wildman–Crippen LogP) is 1.55. The summed E-state index contributed by atoms with van der Waals surface area (Å²) in [6.07, 6.45) is 6.25. The minimum absolute atomic E-state index is 0.841. The Hall–Kier alpha value is -0.160. The van der Waals surface area contributed by atoms with Crippen LogP contribution < -0.4 is 5.73 Å². The molecule has 0 aliphatic carbocycles. The molecule has 0 saturated carbocycles. The lowest BCUT2D eigenvalue weighted by atomic mass is 10.2. The van der Waals surface area contributed by atoms with E-state index in [1.54, 1.807) is 0 Å². The molecule has 1 saturated heterocycles. The van der Waals surface area contributed by atoms with Crippen LogP contribution in [-0.2, 0) is 4.74 Å². The van der Waals surface area contributed by atoms with Crippen molar-refractivity contribution in [2.75, 3.05) is 59.0 Å². The summed E-state index contributed by atoms with van der Waals surface area (Å²) >= 11 is 0. The van der Waals surface area contributed by atoms with Gasteiger partial charge in [-0.3, -0.25) is 0 Å². The van der Waals surface area contributed by atoms with E-state index in [0.717, 1.165) is 19.8 Å².